The Bertz CT molecular complexity index is 713. The van der Waals surface area contributed by atoms with Gasteiger partial charge in [-0.2, -0.15) is 0 Å². The molecule has 29 heavy (non-hydrogen) atoms. The molecule has 4 unspecified atom stereocenters. The number of ether oxygens (including phenoxy) is 1. The smallest absolute Gasteiger partial charge is 0.254 e. The molecule has 0 aromatic heterocycles. The number of morpholine rings is 1. The first-order valence-corrected chi connectivity index (χ1v) is 11.0. The van der Waals surface area contributed by atoms with Crippen LogP contribution in [0.5, 0.6) is 0 Å². The number of nitrogens with zero attached hydrogens (tertiary/aromatic N) is 1. The van der Waals surface area contributed by atoms with Gasteiger partial charge in [0.25, 0.3) is 5.91 Å². The van der Waals surface area contributed by atoms with Crippen LogP contribution in [0.2, 0.25) is 0 Å². The van der Waals surface area contributed by atoms with Gasteiger partial charge in [-0.15, -0.1) is 0 Å². The minimum atomic E-state index is 0.0446. The molecule has 2 bridgehead atoms. The highest BCUT2D eigenvalue weighted by molar-refractivity contribution is 5.94. The molecule has 4 rings (SSSR count). The number of fused-ring (bicyclic) bond motifs is 2. The maximum Gasteiger partial charge on any atom is 0.254 e. The molecule has 2 N–H and O–H groups in total. The molecule has 4 atom stereocenters. The number of hydrogen-bond acceptors (Lipinski definition) is 4. The summed E-state index contributed by atoms with van der Waals surface area (Å²) in [4.78, 5) is 27.0. The van der Waals surface area contributed by atoms with Crippen molar-refractivity contribution >= 4 is 11.8 Å². The van der Waals surface area contributed by atoms with E-state index in [2.05, 4.69) is 10.6 Å². The number of piperidine rings is 1. The van der Waals surface area contributed by atoms with Crippen molar-refractivity contribution in [2.45, 2.75) is 76.8 Å². The van der Waals surface area contributed by atoms with Crippen molar-refractivity contribution in [1.82, 2.24) is 15.5 Å². The van der Waals surface area contributed by atoms with Crippen LogP contribution in [-0.2, 0) is 16.1 Å². The standard InChI is InChI=1S/C23H33N3O3/c1-15-13-26(14-16(2)29-15)23(28)19-5-3-17(4-6-19)12-24-22(27)11-18-9-20-7-8-21(10-18)25-20/h3-6,15-16,18,20-21,25H,7-14H2,1-2H3,(H,24,27). The van der Waals surface area contributed by atoms with Crippen LogP contribution in [-0.4, -0.2) is 54.1 Å². The molecule has 0 radical (unpaired) electrons. The second-order valence-corrected chi connectivity index (χ2v) is 9.12. The first-order valence-electron chi connectivity index (χ1n) is 11.0. The minimum Gasteiger partial charge on any atom is -0.372 e. The normalized spacial score (nSPS) is 31.5. The van der Waals surface area contributed by atoms with E-state index in [-0.39, 0.29) is 24.0 Å². The summed E-state index contributed by atoms with van der Waals surface area (Å²) in [5.41, 5.74) is 1.70. The third kappa shape index (κ3) is 5.17. The summed E-state index contributed by atoms with van der Waals surface area (Å²) in [7, 11) is 0. The lowest BCUT2D eigenvalue weighted by Crippen LogP contribution is -2.48. The lowest BCUT2D eigenvalue weighted by molar-refractivity contribution is -0.122. The third-order valence-corrected chi connectivity index (χ3v) is 6.44. The van der Waals surface area contributed by atoms with Crippen molar-refractivity contribution < 1.29 is 14.3 Å². The molecular weight excluding hydrogens is 366 g/mol. The molecule has 0 saturated carbocycles. The van der Waals surface area contributed by atoms with Crippen LogP contribution in [0, 0.1) is 5.92 Å². The molecule has 2 amide bonds. The van der Waals surface area contributed by atoms with Gasteiger partial charge >= 0.3 is 0 Å². The van der Waals surface area contributed by atoms with Crippen molar-refractivity contribution in [2.24, 2.45) is 5.92 Å². The van der Waals surface area contributed by atoms with E-state index in [0.717, 1.165) is 18.4 Å². The highest BCUT2D eigenvalue weighted by Crippen LogP contribution is 2.32. The molecule has 3 fully saturated rings. The largest absolute Gasteiger partial charge is 0.372 e. The number of amides is 2. The molecule has 3 saturated heterocycles. The SMILES string of the molecule is CC1CN(C(=O)c2ccc(CNC(=O)CC3CC4CCC(C3)N4)cc2)CC(C)O1. The molecule has 1 aromatic carbocycles. The molecule has 6 nitrogen and oxygen atoms in total. The van der Waals surface area contributed by atoms with Crippen molar-refractivity contribution in [3.05, 3.63) is 35.4 Å². The second-order valence-electron chi connectivity index (χ2n) is 9.12. The number of carbonyl (C=O) groups is 2. The van der Waals surface area contributed by atoms with Crippen molar-refractivity contribution in [1.29, 1.82) is 0 Å². The van der Waals surface area contributed by atoms with E-state index in [9.17, 15) is 9.59 Å². The van der Waals surface area contributed by atoms with E-state index in [1.54, 1.807) is 0 Å². The van der Waals surface area contributed by atoms with E-state index >= 15 is 0 Å². The Morgan fingerprint density at radius 1 is 1.07 bits per heavy atom. The first-order chi connectivity index (χ1) is 14.0. The zero-order chi connectivity index (χ0) is 20.4. The van der Waals surface area contributed by atoms with Gasteiger partial charge in [-0.05, 0) is 63.1 Å². The summed E-state index contributed by atoms with van der Waals surface area (Å²) < 4.78 is 5.71. The van der Waals surface area contributed by atoms with Gasteiger partial charge < -0.3 is 20.3 Å². The van der Waals surface area contributed by atoms with E-state index in [0.29, 0.717) is 49.6 Å². The number of rotatable bonds is 5. The monoisotopic (exact) mass is 399 g/mol. The van der Waals surface area contributed by atoms with Crippen LogP contribution in [0.1, 0.15) is 61.9 Å². The molecule has 158 valence electrons. The number of carbonyl (C=O) groups excluding carboxylic acids is 2. The van der Waals surface area contributed by atoms with Gasteiger partial charge in [-0.3, -0.25) is 9.59 Å². The summed E-state index contributed by atoms with van der Waals surface area (Å²) in [6.45, 7) is 5.75. The zero-order valence-corrected chi connectivity index (χ0v) is 17.5. The van der Waals surface area contributed by atoms with Gasteiger partial charge in [0.1, 0.15) is 0 Å². The third-order valence-electron chi connectivity index (χ3n) is 6.44. The van der Waals surface area contributed by atoms with Gasteiger partial charge in [-0.1, -0.05) is 12.1 Å². The van der Waals surface area contributed by atoms with Crippen molar-refractivity contribution in [2.75, 3.05) is 13.1 Å². The summed E-state index contributed by atoms with van der Waals surface area (Å²) >= 11 is 0. The second kappa shape index (κ2) is 8.84. The van der Waals surface area contributed by atoms with Crippen LogP contribution < -0.4 is 10.6 Å². The minimum absolute atomic E-state index is 0.0446. The van der Waals surface area contributed by atoms with Crippen LogP contribution in [0.4, 0.5) is 0 Å². The van der Waals surface area contributed by atoms with Gasteiger partial charge in [-0.25, -0.2) is 0 Å². The maximum absolute atomic E-state index is 12.7. The number of hydrogen-bond donors (Lipinski definition) is 2. The predicted molar refractivity (Wildman–Crippen MR) is 111 cm³/mol. The Kier molecular flexibility index (Phi) is 6.20. The molecule has 3 aliphatic heterocycles. The average Bonchev–Trinajstić information content (AvgIpc) is 3.03. The fraction of sp³-hybridized carbons (Fsp3) is 0.652. The Morgan fingerprint density at radius 3 is 2.31 bits per heavy atom. The highest BCUT2D eigenvalue weighted by atomic mass is 16.5. The summed E-state index contributed by atoms with van der Waals surface area (Å²) in [6.07, 6.45) is 5.52. The Balaban J connectivity index is 1.25. The molecule has 3 aliphatic rings. The maximum atomic E-state index is 12.7. The van der Waals surface area contributed by atoms with E-state index in [4.69, 9.17) is 4.74 Å². The zero-order valence-electron chi connectivity index (χ0n) is 17.5. The molecule has 0 aliphatic carbocycles. The highest BCUT2D eigenvalue weighted by Gasteiger charge is 2.34. The lowest BCUT2D eigenvalue weighted by Gasteiger charge is -2.35. The molecule has 1 aromatic rings. The summed E-state index contributed by atoms with van der Waals surface area (Å²) in [5, 5.41) is 6.67. The van der Waals surface area contributed by atoms with E-state index < -0.39 is 0 Å². The van der Waals surface area contributed by atoms with Gasteiger partial charge in [0.15, 0.2) is 0 Å². The summed E-state index contributed by atoms with van der Waals surface area (Å²) in [5.74, 6) is 0.683. The number of nitrogens with one attached hydrogen (secondary N) is 2. The quantitative estimate of drug-likeness (QED) is 0.798. The van der Waals surface area contributed by atoms with Crippen LogP contribution in [0.15, 0.2) is 24.3 Å². The summed E-state index contributed by atoms with van der Waals surface area (Å²) in [6, 6.07) is 8.83. The Hall–Kier alpha value is -1.92. The van der Waals surface area contributed by atoms with Crippen molar-refractivity contribution in [3.63, 3.8) is 0 Å². The lowest BCUT2D eigenvalue weighted by atomic mass is 9.89. The topological polar surface area (TPSA) is 70.7 Å². The van der Waals surface area contributed by atoms with Gasteiger partial charge in [0.2, 0.25) is 5.91 Å². The fourth-order valence-corrected chi connectivity index (χ4v) is 5.17. The molecule has 6 heteroatoms. The van der Waals surface area contributed by atoms with Crippen LogP contribution in [0.3, 0.4) is 0 Å². The van der Waals surface area contributed by atoms with Crippen LogP contribution in [0.25, 0.3) is 0 Å². The number of benzene rings is 1. The predicted octanol–water partition coefficient (Wildman–Crippen LogP) is 2.47. The van der Waals surface area contributed by atoms with Gasteiger partial charge in [0.05, 0.1) is 12.2 Å². The van der Waals surface area contributed by atoms with Gasteiger partial charge in [0, 0.05) is 43.7 Å². The Morgan fingerprint density at radius 2 is 1.69 bits per heavy atom. The molecular formula is C23H33N3O3. The first kappa shape index (κ1) is 20.4. The van der Waals surface area contributed by atoms with E-state index in [1.165, 1.54) is 12.8 Å². The molecule has 3 heterocycles. The fourth-order valence-electron chi connectivity index (χ4n) is 5.17. The Labute approximate surface area is 173 Å². The molecule has 0 spiro atoms. The van der Waals surface area contributed by atoms with E-state index in [1.807, 2.05) is 43.0 Å². The average molecular weight is 400 g/mol. The van der Waals surface area contributed by atoms with Crippen LogP contribution >= 0.6 is 0 Å². The van der Waals surface area contributed by atoms with Crippen molar-refractivity contribution in [3.8, 4) is 0 Å².